The fourth-order valence-electron chi connectivity index (χ4n) is 8.78. The summed E-state index contributed by atoms with van der Waals surface area (Å²) in [5.41, 5.74) is 2.94. The smallest absolute Gasteiger partial charge is 0.415 e. The Morgan fingerprint density at radius 2 is 1.79 bits per heavy atom. The normalized spacial score (nSPS) is 32.1. The van der Waals surface area contributed by atoms with Crippen LogP contribution in [0.1, 0.15) is 119 Å². The van der Waals surface area contributed by atoms with Crippen molar-refractivity contribution in [3.8, 4) is 0 Å². The number of nitrogens with zero attached hydrogens (tertiary/aromatic N) is 5. The van der Waals surface area contributed by atoms with Gasteiger partial charge < -0.3 is 33.3 Å². The van der Waals surface area contributed by atoms with Gasteiger partial charge in [-0.1, -0.05) is 66.3 Å². The molecule has 324 valence electrons. The first-order chi connectivity index (χ1) is 27.5. The molecule has 11 heteroatoms. The molecule has 1 aromatic heterocycles. The zero-order valence-electron chi connectivity index (χ0n) is 37.6. The van der Waals surface area contributed by atoms with Crippen molar-refractivity contribution in [2.24, 2.45) is 34.6 Å². The van der Waals surface area contributed by atoms with Crippen molar-refractivity contribution < 1.29 is 28.5 Å². The number of allylic oxidation sites excluding steroid dienone is 4. The second-order valence-corrected chi connectivity index (χ2v) is 17.5. The molecule has 11 atom stereocenters. The molecule has 3 aliphatic heterocycles. The molecule has 0 aliphatic carbocycles. The Morgan fingerprint density at radius 3 is 2.45 bits per heavy atom. The lowest BCUT2D eigenvalue weighted by molar-refractivity contribution is -0.235. The standard InChI is InChI=1S/C47H75N5O6/c1-14-32(5)56-47(54)52(22-17-16-21-51-28-42(49-29-51)39-19-18-20-48-27-39)43-26-41(15-2)57-38(11)35(8)34(7)36(9)46(31(4)23-30(3)45(53)37(43)10)58-44-25-40(50(12)13)24-33(6)55-44/h14,19,27-31,33,35-37,40-41,43-44,46H,7,11,15-18,20-26H2,1-6,8-10,12-13H3/b32-14-/t30-,31+,33-,35-,36+,37-,40+,41-,43+,44+,46+/m1/s1. The van der Waals surface area contributed by atoms with Crippen LogP contribution in [0.25, 0.3) is 5.57 Å². The number of amides is 1. The number of carbonyl (C=O) groups is 2. The van der Waals surface area contributed by atoms with Crippen LogP contribution in [0.2, 0.25) is 0 Å². The molecule has 11 nitrogen and oxygen atoms in total. The third-order valence-electron chi connectivity index (χ3n) is 12.8. The molecule has 4 rings (SSSR count). The van der Waals surface area contributed by atoms with Crippen LogP contribution in [-0.4, -0.2) is 101 Å². The Labute approximate surface area is 350 Å². The Bertz CT molecular complexity index is 1630. The van der Waals surface area contributed by atoms with Crippen molar-refractivity contribution in [2.75, 3.05) is 27.2 Å². The topological polar surface area (TPSA) is 108 Å². The summed E-state index contributed by atoms with van der Waals surface area (Å²) in [6.07, 6.45) is 14.4. The van der Waals surface area contributed by atoms with E-state index in [2.05, 4.69) is 93.6 Å². The second kappa shape index (κ2) is 22.2. The maximum absolute atomic E-state index is 14.7. The van der Waals surface area contributed by atoms with Crippen LogP contribution in [0.3, 0.4) is 0 Å². The number of aryl methyl sites for hydroxylation is 1. The maximum Gasteiger partial charge on any atom is 0.415 e. The molecule has 1 amide bonds. The quantitative estimate of drug-likeness (QED) is 0.117. The molecule has 4 heterocycles. The van der Waals surface area contributed by atoms with Crippen LogP contribution >= 0.6 is 0 Å². The van der Waals surface area contributed by atoms with E-state index in [4.69, 9.17) is 18.9 Å². The maximum atomic E-state index is 14.7. The number of aromatic nitrogens is 2. The SMILES string of the molecule is C=C1O[C@H](CC)C[C@H](N(CCCCn2cnc(C3=CCCN=C3)c2)C(=O)O/C(C)=C\C)[C@@H](C)C(=O)[C@H](C)C[C@H](C)[C@H](O[C@H]2C[C@@H](N(C)C)C[C@@H](C)O2)[C@@H](C)C(=C)[C@H]1C. The van der Waals surface area contributed by atoms with E-state index in [0.717, 1.165) is 55.6 Å². The van der Waals surface area contributed by atoms with Gasteiger partial charge in [0.15, 0.2) is 6.29 Å². The summed E-state index contributed by atoms with van der Waals surface area (Å²) >= 11 is 0. The minimum absolute atomic E-state index is 0.00601. The third-order valence-corrected chi connectivity index (χ3v) is 12.8. The van der Waals surface area contributed by atoms with E-state index in [0.29, 0.717) is 49.8 Å². The zero-order valence-corrected chi connectivity index (χ0v) is 37.6. The molecule has 0 unspecified atom stereocenters. The minimum atomic E-state index is -0.483. The van der Waals surface area contributed by atoms with Crippen LogP contribution in [0.4, 0.5) is 4.79 Å². The van der Waals surface area contributed by atoms with Crippen LogP contribution in [0.5, 0.6) is 0 Å². The van der Waals surface area contributed by atoms with Gasteiger partial charge >= 0.3 is 6.09 Å². The highest BCUT2D eigenvalue weighted by Gasteiger charge is 2.41. The molecule has 3 aliphatic rings. The number of ether oxygens (including phenoxy) is 4. The van der Waals surface area contributed by atoms with E-state index in [1.165, 1.54) is 0 Å². The van der Waals surface area contributed by atoms with Crippen molar-refractivity contribution in [2.45, 2.75) is 157 Å². The van der Waals surface area contributed by atoms with Gasteiger partial charge in [-0.2, -0.15) is 0 Å². The van der Waals surface area contributed by atoms with Crippen molar-refractivity contribution in [3.05, 3.63) is 60.6 Å². The van der Waals surface area contributed by atoms with Crippen LogP contribution < -0.4 is 0 Å². The summed E-state index contributed by atoms with van der Waals surface area (Å²) in [6, 6.07) is -0.118. The number of Topliss-reactive ketones (excluding diaryl/α,β-unsaturated/α-hetero) is 1. The monoisotopic (exact) mass is 806 g/mol. The van der Waals surface area contributed by atoms with Crippen molar-refractivity contribution in [1.29, 1.82) is 0 Å². The number of hydrogen-bond acceptors (Lipinski definition) is 9. The van der Waals surface area contributed by atoms with Gasteiger partial charge in [0, 0.05) is 86.2 Å². The van der Waals surface area contributed by atoms with Gasteiger partial charge in [0.05, 0.1) is 36.1 Å². The lowest BCUT2D eigenvalue weighted by Gasteiger charge is -2.42. The Balaban J connectivity index is 1.61. The number of aliphatic imine (C=N–C) groups is 1. The average Bonchev–Trinajstić information content (AvgIpc) is 3.68. The van der Waals surface area contributed by atoms with E-state index in [1.54, 1.807) is 17.9 Å². The highest BCUT2D eigenvalue weighted by Crippen LogP contribution is 2.38. The second-order valence-electron chi connectivity index (χ2n) is 17.5. The largest absolute Gasteiger partial charge is 0.495 e. The van der Waals surface area contributed by atoms with Gasteiger partial charge in [-0.25, -0.2) is 9.78 Å². The summed E-state index contributed by atoms with van der Waals surface area (Å²) in [7, 11) is 4.22. The van der Waals surface area contributed by atoms with E-state index in [9.17, 15) is 9.59 Å². The number of rotatable bonds is 12. The summed E-state index contributed by atoms with van der Waals surface area (Å²) in [5, 5.41) is 0. The molecule has 0 radical (unpaired) electrons. The molecule has 58 heavy (non-hydrogen) atoms. The van der Waals surface area contributed by atoms with E-state index >= 15 is 0 Å². The Morgan fingerprint density at radius 1 is 1.05 bits per heavy atom. The number of hydrogen-bond donors (Lipinski definition) is 0. The first-order valence-corrected chi connectivity index (χ1v) is 21.9. The molecule has 0 spiro atoms. The zero-order chi connectivity index (χ0) is 42.7. The molecule has 0 N–H and O–H groups in total. The van der Waals surface area contributed by atoms with Crippen LogP contribution in [0, 0.1) is 29.6 Å². The molecule has 1 aromatic rings. The molecule has 0 saturated carbocycles. The summed E-state index contributed by atoms with van der Waals surface area (Å²) in [6.45, 7) is 29.2. The molecule has 0 bridgehead atoms. The van der Waals surface area contributed by atoms with E-state index < -0.39 is 18.1 Å². The fourth-order valence-corrected chi connectivity index (χ4v) is 8.78. The minimum Gasteiger partial charge on any atom is -0.495 e. The first kappa shape index (κ1) is 47.1. The average molecular weight is 806 g/mol. The van der Waals surface area contributed by atoms with Gasteiger partial charge in [0.2, 0.25) is 0 Å². The van der Waals surface area contributed by atoms with Crippen molar-refractivity contribution >= 4 is 23.7 Å². The van der Waals surface area contributed by atoms with Gasteiger partial charge in [-0.05, 0) is 85.4 Å². The van der Waals surface area contributed by atoms with Crippen molar-refractivity contribution in [3.63, 3.8) is 0 Å². The molecular weight excluding hydrogens is 731 g/mol. The number of unbranched alkanes of at least 4 members (excludes halogenated alkanes) is 1. The number of carbonyl (C=O) groups excluding carboxylic acids is 2. The van der Waals surface area contributed by atoms with Crippen LogP contribution in [0.15, 0.2) is 59.9 Å². The predicted octanol–water partition coefficient (Wildman–Crippen LogP) is 9.50. The molecule has 2 fully saturated rings. The highest BCUT2D eigenvalue weighted by molar-refractivity contribution is 6.09. The van der Waals surface area contributed by atoms with Gasteiger partial charge in [0.25, 0.3) is 0 Å². The van der Waals surface area contributed by atoms with Crippen molar-refractivity contribution in [1.82, 2.24) is 19.4 Å². The predicted molar refractivity (Wildman–Crippen MR) is 233 cm³/mol. The number of imidazole rings is 1. The lowest BCUT2D eigenvalue weighted by Crippen LogP contribution is -2.49. The summed E-state index contributed by atoms with van der Waals surface area (Å²) in [4.78, 5) is 41.9. The third kappa shape index (κ3) is 12.7. The van der Waals surface area contributed by atoms with Gasteiger partial charge in [-0.15, -0.1) is 0 Å². The van der Waals surface area contributed by atoms with E-state index in [1.807, 2.05) is 33.3 Å². The molecular formula is C47H75N5O6. The summed E-state index contributed by atoms with van der Waals surface area (Å²) < 4.78 is 28.0. The number of ketones is 1. The fraction of sp³-hybridized carbons (Fsp3) is 0.702. The molecule has 2 saturated heterocycles. The number of dihydropyridines is 1. The van der Waals surface area contributed by atoms with Gasteiger partial charge in [0.1, 0.15) is 11.5 Å². The summed E-state index contributed by atoms with van der Waals surface area (Å²) in [5.74, 6) is 0.296. The van der Waals surface area contributed by atoms with Crippen LogP contribution in [-0.2, 0) is 30.3 Å². The Hall–Kier alpha value is -3.54. The highest BCUT2D eigenvalue weighted by atomic mass is 16.7. The first-order valence-electron chi connectivity index (χ1n) is 21.9. The Kier molecular flexibility index (Phi) is 18.0. The molecule has 0 aromatic carbocycles. The van der Waals surface area contributed by atoms with Gasteiger partial charge in [-0.3, -0.25) is 9.79 Å². The lowest BCUT2D eigenvalue weighted by atomic mass is 9.77. The van der Waals surface area contributed by atoms with E-state index in [-0.39, 0.29) is 54.1 Å².